The molecule has 0 fully saturated rings. The molecule has 3 aliphatic carbocycles. The first-order chi connectivity index (χ1) is 26.3. The van der Waals surface area contributed by atoms with E-state index in [0.29, 0.717) is 0 Å². The van der Waals surface area contributed by atoms with E-state index in [1.165, 1.54) is 78.0 Å². The minimum Gasteiger partial charge on any atom is -0.314 e. The van der Waals surface area contributed by atoms with Gasteiger partial charge in [0.1, 0.15) is 0 Å². The number of fused-ring (bicyclic) bond motifs is 10. The number of rotatable bonds is 6. The van der Waals surface area contributed by atoms with E-state index < -0.39 is 0 Å². The number of hydrogen-bond acceptors (Lipinski definition) is 2. The molecule has 262 valence electrons. The van der Waals surface area contributed by atoms with Crippen molar-refractivity contribution in [3.05, 3.63) is 198 Å². The van der Waals surface area contributed by atoms with Crippen LogP contribution in [0.15, 0.2) is 176 Å². The second-order valence-electron chi connectivity index (χ2n) is 16.1. The first-order valence-electron chi connectivity index (χ1n) is 19.3. The fourth-order valence-electron chi connectivity index (χ4n) is 9.77. The first kappa shape index (κ1) is 32.5. The van der Waals surface area contributed by atoms with Crippen LogP contribution in [0.2, 0.25) is 0 Å². The van der Waals surface area contributed by atoms with Crippen molar-refractivity contribution in [1.82, 2.24) is 0 Å². The van der Waals surface area contributed by atoms with Gasteiger partial charge in [-0.1, -0.05) is 131 Å². The number of para-hydroxylation sites is 3. The van der Waals surface area contributed by atoms with Crippen LogP contribution in [0.5, 0.6) is 0 Å². The third-order valence-corrected chi connectivity index (χ3v) is 12.2. The number of allylic oxidation sites excluding steroid dienone is 4. The molecule has 0 saturated carbocycles. The quantitative estimate of drug-likeness (QED) is 0.171. The molecule has 0 heterocycles. The molecule has 7 aromatic rings. The van der Waals surface area contributed by atoms with Gasteiger partial charge in [-0.25, -0.2) is 0 Å². The van der Waals surface area contributed by atoms with E-state index >= 15 is 0 Å². The van der Waals surface area contributed by atoms with Crippen molar-refractivity contribution in [2.45, 2.75) is 51.4 Å². The van der Waals surface area contributed by atoms with Gasteiger partial charge in [0.15, 0.2) is 0 Å². The Bertz CT molecular complexity index is 2610. The molecule has 2 nitrogen and oxygen atoms in total. The molecular weight excluding hydrogens is 653 g/mol. The zero-order chi connectivity index (χ0) is 36.6. The summed E-state index contributed by atoms with van der Waals surface area (Å²) in [6.07, 6.45) is 8.84. The van der Waals surface area contributed by atoms with E-state index in [4.69, 9.17) is 0 Å². The van der Waals surface area contributed by atoms with E-state index in [1.54, 1.807) is 0 Å². The highest BCUT2D eigenvalue weighted by atomic mass is 15.2. The predicted molar refractivity (Wildman–Crippen MR) is 229 cm³/mol. The minimum atomic E-state index is -0.231. The van der Waals surface area contributed by atoms with Gasteiger partial charge in [0.25, 0.3) is 0 Å². The van der Waals surface area contributed by atoms with Crippen LogP contribution in [0.25, 0.3) is 33.0 Å². The van der Waals surface area contributed by atoms with Crippen LogP contribution in [0, 0.1) is 0 Å². The summed E-state index contributed by atoms with van der Waals surface area (Å²) >= 11 is 0. The summed E-state index contributed by atoms with van der Waals surface area (Å²) in [6, 6.07) is 56.0. The lowest BCUT2D eigenvalue weighted by Crippen LogP contribution is -2.25. The number of nitrogens with zero attached hydrogens (tertiary/aromatic N) is 2. The summed E-state index contributed by atoms with van der Waals surface area (Å²) in [7, 11) is 0. The van der Waals surface area contributed by atoms with Gasteiger partial charge >= 0.3 is 0 Å². The summed E-state index contributed by atoms with van der Waals surface area (Å²) in [5.41, 5.74) is 18.0. The number of hydrogen-bond donors (Lipinski definition) is 0. The molecule has 0 radical (unpaired) electrons. The van der Waals surface area contributed by atoms with E-state index in [1.807, 2.05) is 0 Å². The number of anilines is 5. The van der Waals surface area contributed by atoms with Crippen LogP contribution in [-0.2, 0) is 10.8 Å². The Morgan fingerprint density at radius 2 is 0.870 bits per heavy atom. The topological polar surface area (TPSA) is 6.48 Å². The lowest BCUT2D eigenvalue weighted by Gasteiger charge is -2.33. The van der Waals surface area contributed by atoms with Gasteiger partial charge in [-0.2, -0.15) is 0 Å². The Morgan fingerprint density at radius 1 is 0.444 bits per heavy atom. The van der Waals surface area contributed by atoms with E-state index in [2.05, 4.69) is 207 Å². The van der Waals surface area contributed by atoms with Crippen LogP contribution < -0.4 is 9.80 Å². The van der Waals surface area contributed by atoms with Crippen LogP contribution in [-0.4, -0.2) is 0 Å². The zero-order valence-electron chi connectivity index (χ0n) is 31.5. The Morgan fingerprint density at radius 3 is 1.31 bits per heavy atom. The molecule has 0 spiro atoms. The molecule has 0 aliphatic heterocycles. The molecule has 0 bridgehead atoms. The highest BCUT2D eigenvalue weighted by Crippen LogP contribution is 2.62. The van der Waals surface area contributed by atoms with E-state index in [0.717, 1.165) is 24.2 Å². The smallest absolute Gasteiger partial charge is 0.0465 e. The van der Waals surface area contributed by atoms with E-state index in [9.17, 15) is 0 Å². The van der Waals surface area contributed by atoms with Gasteiger partial charge in [0, 0.05) is 45.0 Å². The Balaban J connectivity index is 1.17. The highest BCUT2D eigenvalue weighted by molar-refractivity contribution is 6.13. The average Bonchev–Trinajstić information content (AvgIpc) is 3.59. The molecule has 7 aromatic carbocycles. The lowest BCUT2D eigenvalue weighted by molar-refractivity contribution is 0.602. The van der Waals surface area contributed by atoms with Crippen molar-refractivity contribution in [3.8, 4) is 22.3 Å². The molecule has 0 saturated heterocycles. The maximum Gasteiger partial charge on any atom is 0.0465 e. The number of benzene rings is 7. The van der Waals surface area contributed by atoms with Crippen LogP contribution in [0.1, 0.15) is 62.8 Å². The van der Waals surface area contributed by atoms with Crippen LogP contribution >= 0.6 is 0 Å². The van der Waals surface area contributed by atoms with E-state index in [-0.39, 0.29) is 10.8 Å². The molecule has 0 amide bonds. The Hall–Kier alpha value is -6.12. The van der Waals surface area contributed by atoms with Crippen molar-refractivity contribution in [1.29, 1.82) is 0 Å². The van der Waals surface area contributed by atoms with Gasteiger partial charge in [0.05, 0.1) is 0 Å². The Labute approximate surface area is 319 Å². The largest absolute Gasteiger partial charge is 0.314 e. The standard InChI is InChI=1S/C52H44N2/c1-51(2)45-33-39(53(35-19-9-5-10-20-35)36-21-11-6-12-22-36)29-31-43(45)47-41-27-17-18-28-42(41)48-44-32-30-40(34-46(44)52(3,4)50(48)49(47)51)54(37-23-13-7-14-24-37)38-25-15-8-16-26-38/h5-15,17-25,27-34H,16,26H2,1-4H3. The third-order valence-electron chi connectivity index (χ3n) is 12.2. The van der Waals surface area contributed by atoms with Gasteiger partial charge < -0.3 is 9.80 Å². The molecule has 54 heavy (non-hydrogen) atoms. The van der Waals surface area contributed by atoms with Gasteiger partial charge in [0.2, 0.25) is 0 Å². The lowest BCUT2D eigenvalue weighted by atomic mass is 9.71. The summed E-state index contributed by atoms with van der Waals surface area (Å²) in [5.74, 6) is 0. The fourth-order valence-corrected chi connectivity index (χ4v) is 9.77. The van der Waals surface area contributed by atoms with Crippen molar-refractivity contribution in [2.24, 2.45) is 0 Å². The second-order valence-corrected chi connectivity index (χ2v) is 16.1. The summed E-state index contributed by atoms with van der Waals surface area (Å²) in [4.78, 5) is 4.86. The molecule has 0 unspecified atom stereocenters. The Kier molecular flexibility index (Phi) is 7.36. The maximum absolute atomic E-state index is 2.49. The van der Waals surface area contributed by atoms with Crippen molar-refractivity contribution < 1.29 is 0 Å². The summed E-state index contributed by atoms with van der Waals surface area (Å²) in [5, 5.41) is 2.68. The SMILES string of the molecule is CC1(C)c2cc(N(C3=CC=CCC3)c3ccccc3)ccc2-c2c1c1c(c3ccccc23)-c2ccc(N(c3ccccc3)c3ccccc3)cc2C1(C)C. The molecule has 3 aliphatic rings. The molecule has 2 heteroatoms. The van der Waals surface area contributed by atoms with Crippen LogP contribution in [0.3, 0.4) is 0 Å². The summed E-state index contributed by atoms with van der Waals surface area (Å²) < 4.78 is 0. The van der Waals surface area contributed by atoms with Crippen molar-refractivity contribution >= 4 is 39.2 Å². The fraction of sp³-hybridized carbons (Fsp3) is 0.154. The zero-order valence-corrected chi connectivity index (χ0v) is 31.5. The molecule has 0 atom stereocenters. The third kappa shape index (κ3) is 4.79. The minimum absolute atomic E-state index is 0.222. The maximum atomic E-state index is 2.49. The summed E-state index contributed by atoms with van der Waals surface area (Å²) in [6.45, 7) is 9.83. The van der Waals surface area contributed by atoms with Gasteiger partial charge in [-0.3, -0.25) is 0 Å². The molecular formula is C52H44N2. The first-order valence-corrected chi connectivity index (χ1v) is 19.3. The highest BCUT2D eigenvalue weighted by Gasteiger charge is 2.47. The van der Waals surface area contributed by atoms with Crippen molar-refractivity contribution in [3.63, 3.8) is 0 Å². The predicted octanol–water partition coefficient (Wildman–Crippen LogP) is 14.3. The van der Waals surface area contributed by atoms with Crippen molar-refractivity contribution in [2.75, 3.05) is 9.80 Å². The molecule has 10 rings (SSSR count). The normalized spacial score (nSPS) is 15.6. The van der Waals surface area contributed by atoms with Crippen LogP contribution in [0.4, 0.5) is 28.4 Å². The average molecular weight is 697 g/mol. The second kappa shape index (κ2) is 12.2. The monoisotopic (exact) mass is 696 g/mol. The molecule has 0 aromatic heterocycles. The van der Waals surface area contributed by atoms with Gasteiger partial charge in [-0.15, -0.1) is 0 Å². The van der Waals surface area contributed by atoms with Gasteiger partial charge in [-0.05, 0) is 135 Å². The molecule has 0 N–H and O–H groups in total.